The van der Waals surface area contributed by atoms with Gasteiger partial charge in [-0.1, -0.05) is 41.3 Å². The number of aromatic hydroxyl groups is 1. The summed E-state index contributed by atoms with van der Waals surface area (Å²) in [5.74, 6) is -4.22. The molecule has 1 aromatic heterocycles. The van der Waals surface area contributed by atoms with E-state index in [1.54, 1.807) is 18.2 Å². The molecule has 2 N–H and O–H groups in total. The average Bonchev–Trinajstić information content (AvgIpc) is 3.41. The second-order valence-electron chi connectivity index (χ2n) is 9.56. The zero-order valence-corrected chi connectivity index (χ0v) is 22.9. The lowest BCUT2D eigenvalue weighted by molar-refractivity contribution is -0.384. The lowest BCUT2D eigenvalue weighted by atomic mass is 9.82. The maximum atomic E-state index is 13.9. The number of thiazole rings is 1. The Kier molecular flexibility index (Phi) is 6.86. The number of nitro benzene ring substituents is 1. The minimum atomic E-state index is -1.01. The Morgan fingerprint density at radius 3 is 2.36 bits per heavy atom. The normalized spacial score (nSPS) is 19.4. The van der Waals surface area contributed by atoms with Crippen LogP contribution in [0.1, 0.15) is 16.4 Å². The number of thioether (sulfide) groups is 1. The summed E-state index contributed by atoms with van der Waals surface area (Å²) in [6, 6.07) is 16.5. The van der Waals surface area contributed by atoms with E-state index < -0.39 is 57.0 Å². The lowest BCUT2D eigenvalue weighted by Crippen LogP contribution is -2.33. The molecule has 1 saturated heterocycles. The van der Waals surface area contributed by atoms with Crippen molar-refractivity contribution >= 4 is 57.9 Å². The molecule has 0 saturated carbocycles. The summed E-state index contributed by atoms with van der Waals surface area (Å²) in [5.41, 5.74) is 0.612. The fraction of sp³-hybridized carbons (Fsp3) is 0.143. The monoisotopic (exact) mass is 606 g/mol. The van der Waals surface area contributed by atoms with Gasteiger partial charge in [0, 0.05) is 34.2 Å². The van der Waals surface area contributed by atoms with Crippen molar-refractivity contribution in [3.8, 4) is 5.75 Å². The first-order valence-electron chi connectivity index (χ1n) is 12.5. The van der Waals surface area contributed by atoms with Crippen molar-refractivity contribution in [2.45, 2.75) is 22.7 Å². The molecule has 1 fully saturated rings. The molecule has 212 valence electrons. The van der Waals surface area contributed by atoms with Crippen LogP contribution < -0.4 is 15.1 Å². The minimum Gasteiger partial charge on any atom is -0.508 e. The van der Waals surface area contributed by atoms with Crippen LogP contribution in [-0.2, 0) is 20.9 Å². The van der Waals surface area contributed by atoms with Crippen LogP contribution in [0.4, 0.5) is 21.5 Å². The second kappa shape index (κ2) is 10.5. The number of carbonyl (C=O) groups excluding carboxylic acids is 3. The Hall–Kier alpha value is -4.82. The highest BCUT2D eigenvalue weighted by Gasteiger charge is 2.57. The van der Waals surface area contributed by atoms with Gasteiger partial charge in [0.25, 0.3) is 5.69 Å². The van der Waals surface area contributed by atoms with Crippen molar-refractivity contribution in [3.05, 3.63) is 109 Å². The maximum absolute atomic E-state index is 13.9. The molecule has 3 heterocycles. The molecule has 2 aliphatic heterocycles. The van der Waals surface area contributed by atoms with Crippen molar-refractivity contribution in [2.75, 3.05) is 10.2 Å². The first-order valence-corrected chi connectivity index (χ1v) is 14.2. The van der Waals surface area contributed by atoms with Crippen molar-refractivity contribution in [1.29, 1.82) is 0 Å². The molecule has 0 bridgehead atoms. The van der Waals surface area contributed by atoms with E-state index in [4.69, 9.17) is 0 Å². The van der Waals surface area contributed by atoms with Crippen LogP contribution >= 0.6 is 23.1 Å². The molecule has 2 aliphatic rings. The van der Waals surface area contributed by atoms with E-state index in [1.807, 2.05) is 0 Å². The Balaban J connectivity index is 1.40. The van der Waals surface area contributed by atoms with Gasteiger partial charge in [0.1, 0.15) is 23.4 Å². The number of rotatable bonds is 6. The number of aromatic nitrogens is 1. The number of imide groups is 1. The Labute approximate surface area is 244 Å². The van der Waals surface area contributed by atoms with Gasteiger partial charge >= 0.3 is 4.87 Å². The van der Waals surface area contributed by atoms with Gasteiger partial charge in [0.05, 0.1) is 21.6 Å². The number of halogens is 1. The quantitative estimate of drug-likeness (QED) is 0.189. The third-order valence-corrected chi connectivity index (χ3v) is 9.67. The van der Waals surface area contributed by atoms with Crippen molar-refractivity contribution in [1.82, 2.24) is 4.57 Å². The molecule has 6 rings (SSSR count). The van der Waals surface area contributed by atoms with Crippen LogP contribution in [0.15, 0.2) is 82.6 Å². The fourth-order valence-corrected chi connectivity index (χ4v) is 7.96. The number of carbonyl (C=O) groups is 3. The first-order chi connectivity index (χ1) is 20.1. The maximum Gasteiger partial charge on any atom is 0.308 e. The molecule has 14 heteroatoms. The highest BCUT2D eigenvalue weighted by molar-refractivity contribution is 8.00. The Morgan fingerprint density at radius 1 is 1.00 bits per heavy atom. The van der Waals surface area contributed by atoms with Gasteiger partial charge in [-0.3, -0.25) is 33.9 Å². The number of phenolic OH excluding ortho intramolecular Hbond substituents is 1. The predicted molar refractivity (Wildman–Crippen MR) is 152 cm³/mol. The van der Waals surface area contributed by atoms with E-state index >= 15 is 0 Å². The molecule has 3 atom stereocenters. The van der Waals surface area contributed by atoms with Crippen LogP contribution in [0.2, 0.25) is 0 Å². The highest BCUT2D eigenvalue weighted by atomic mass is 32.2. The Morgan fingerprint density at radius 2 is 1.69 bits per heavy atom. The number of fused-ring (bicyclic) bond motifs is 2. The summed E-state index contributed by atoms with van der Waals surface area (Å²) in [5, 5.41) is 23.8. The molecule has 42 heavy (non-hydrogen) atoms. The third-order valence-electron chi connectivity index (χ3n) is 7.07. The number of benzene rings is 3. The van der Waals surface area contributed by atoms with E-state index in [2.05, 4.69) is 5.32 Å². The molecule has 0 aliphatic carbocycles. The van der Waals surface area contributed by atoms with E-state index in [1.165, 1.54) is 59.2 Å². The zero-order valence-electron chi connectivity index (χ0n) is 21.3. The number of hydrogen-bond acceptors (Lipinski definition) is 9. The number of nitrogens with one attached hydrogen (secondary N) is 1. The fourth-order valence-electron chi connectivity index (χ4n) is 5.20. The van der Waals surface area contributed by atoms with E-state index in [9.17, 15) is 38.8 Å². The first kappa shape index (κ1) is 27.4. The summed E-state index contributed by atoms with van der Waals surface area (Å²) in [6.45, 7) is -0.409. The van der Waals surface area contributed by atoms with Crippen LogP contribution in [0.5, 0.6) is 5.75 Å². The summed E-state index contributed by atoms with van der Waals surface area (Å²) in [6.07, 6.45) is 0. The average molecular weight is 607 g/mol. The topological polar surface area (TPSA) is 152 Å². The second-order valence-corrected chi connectivity index (χ2v) is 11.7. The van der Waals surface area contributed by atoms with Crippen molar-refractivity contribution < 1.29 is 28.8 Å². The minimum absolute atomic E-state index is 0.130. The van der Waals surface area contributed by atoms with Crippen LogP contribution in [0.3, 0.4) is 0 Å². The standard InChI is InChI=1S/C28H19FN4O7S2/c29-14-5-7-15(8-6-14)30-20(35)13-31-27-24(42-28(31)38)21(18-3-1-2-4-19(18)34)22-23(41-27)26(37)32(25(22)36)16-9-11-17(12-10-16)33(39)40/h1-12,21-23,34H,13H2,(H,30,35)/t21-,22+,23-/m0/s1. The van der Waals surface area contributed by atoms with Gasteiger partial charge in [0.2, 0.25) is 17.7 Å². The van der Waals surface area contributed by atoms with Gasteiger partial charge in [0.15, 0.2) is 0 Å². The van der Waals surface area contributed by atoms with Crippen LogP contribution in [0.25, 0.3) is 0 Å². The molecular weight excluding hydrogens is 587 g/mol. The number of phenols is 1. The summed E-state index contributed by atoms with van der Waals surface area (Å²) >= 11 is 1.81. The third kappa shape index (κ3) is 4.63. The number of non-ortho nitro benzene ring substituents is 1. The zero-order chi connectivity index (χ0) is 29.7. The SMILES string of the molecule is O=C(Cn1c2c(sc1=O)[C@@H](c1ccccc1O)[C@H]1C(=O)N(c3ccc([N+](=O)[O-])cc3)C(=O)[C@H]1S2)Nc1ccc(F)cc1. The molecule has 0 spiro atoms. The smallest absolute Gasteiger partial charge is 0.308 e. The molecule has 0 unspecified atom stereocenters. The molecule has 11 nitrogen and oxygen atoms in total. The molecule has 0 radical (unpaired) electrons. The van der Waals surface area contributed by atoms with Crippen LogP contribution in [-0.4, -0.2) is 37.6 Å². The van der Waals surface area contributed by atoms with Gasteiger partial charge in [-0.2, -0.15) is 0 Å². The summed E-state index contributed by atoms with van der Waals surface area (Å²) < 4.78 is 14.5. The number of nitro groups is 1. The summed E-state index contributed by atoms with van der Waals surface area (Å²) in [7, 11) is 0. The number of amides is 3. The lowest BCUT2D eigenvalue weighted by Gasteiger charge is -2.31. The van der Waals surface area contributed by atoms with E-state index in [0.29, 0.717) is 21.2 Å². The van der Waals surface area contributed by atoms with E-state index in [-0.39, 0.29) is 17.1 Å². The summed E-state index contributed by atoms with van der Waals surface area (Å²) in [4.78, 5) is 65.1. The van der Waals surface area contributed by atoms with Gasteiger partial charge in [-0.15, -0.1) is 0 Å². The molecule has 3 aromatic carbocycles. The van der Waals surface area contributed by atoms with Gasteiger partial charge < -0.3 is 10.4 Å². The van der Waals surface area contributed by atoms with Gasteiger partial charge in [-0.25, -0.2) is 9.29 Å². The highest BCUT2D eigenvalue weighted by Crippen LogP contribution is 2.55. The number of anilines is 2. The van der Waals surface area contributed by atoms with E-state index in [0.717, 1.165) is 28.0 Å². The molecule has 4 aromatic rings. The largest absolute Gasteiger partial charge is 0.508 e. The van der Waals surface area contributed by atoms with Crippen molar-refractivity contribution in [2.24, 2.45) is 5.92 Å². The van der Waals surface area contributed by atoms with Crippen LogP contribution in [0, 0.1) is 21.8 Å². The number of nitrogens with zero attached hydrogens (tertiary/aromatic N) is 3. The Bertz CT molecular complexity index is 1820. The number of para-hydroxylation sites is 1. The number of hydrogen-bond donors (Lipinski definition) is 2. The van der Waals surface area contributed by atoms with Gasteiger partial charge in [-0.05, 0) is 42.5 Å². The van der Waals surface area contributed by atoms with Crippen molar-refractivity contribution in [3.63, 3.8) is 0 Å². The molecule has 3 amide bonds. The predicted octanol–water partition coefficient (Wildman–Crippen LogP) is 4.10. The molecular formula is C28H19FN4O7S2.